The van der Waals surface area contributed by atoms with Crippen LogP contribution in [0.25, 0.3) is 0 Å². The van der Waals surface area contributed by atoms with Crippen molar-refractivity contribution in [3.05, 3.63) is 57.6 Å². The number of hydrogen-bond acceptors (Lipinski definition) is 1. The minimum atomic E-state index is 0.419. The third kappa shape index (κ3) is 2.07. The number of rotatable bonds is 1. The normalized spacial score (nSPS) is 13.9. The highest BCUT2D eigenvalue weighted by Gasteiger charge is 2.31. The van der Waals surface area contributed by atoms with Gasteiger partial charge >= 0.3 is 0 Å². The summed E-state index contributed by atoms with van der Waals surface area (Å²) in [5, 5.41) is 0. The molecule has 0 N–H and O–H groups in total. The van der Waals surface area contributed by atoms with Crippen LogP contribution < -0.4 is 4.74 Å². The molecule has 0 bridgehead atoms. The van der Waals surface area contributed by atoms with Crippen molar-refractivity contribution in [1.82, 2.24) is 0 Å². The molecule has 0 spiro atoms. The van der Waals surface area contributed by atoms with E-state index >= 15 is 0 Å². The van der Waals surface area contributed by atoms with Crippen molar-refractivity contribution < 1.29 is 4.74 Å². The number of hydrogen-bond donors (Lipinski definition) is 0. The van der Waals surface area contributed by atoms with Crippen LogP contribution in [-0.4, -0.2) is 0 Å². The Kier molecular flexibility index (Phi) is 3.32. The second kappa shape index (κ2) is 4.91. The highest BCUT2D eigenvalue weighted by Crippen LogP contribution is 2.50. The fourth-order valence-corrected chi connectivity index (χ4v) is 3.37. The number of benzene rings is 2. The third-order valence-corrected chi connectivity index (χ3v) is 4.96. The van der Waals surface area contributed by atoms with Gasteiger partial charge in [-0.25, -0.2) is 0 Å². The van der Waals surface area contributed by atoms with Gasteiger partial charge < -0.3 is 4.74 Å². The summed E-state index contributed by atoms with van der Waals surface area (Å²) < 4.78 is 6.38. The van der Waals surface area contributed by atoms with E-state index in [0.29, 0.717) is 11.8 Å². The molecule has 110 valence electrons. The average molecular weight is 280 g/mol. The zero-order chi connectivity index (χ0) is 15.3. The maximum absolute atomic E-state index is 6.38. The van der Waals surface area contributed by atoms with Gasteiger partial charge in [0.2, 0.25) is 0 Å². The molecule has 1 heterocycles. The Labute approximate surface area is 128 Å². The molecular formula is C20H24O. The molecule has 1 aliphatic heterocycles. The van der Waals surface area contributed by atoms with Gasteiger partial charge in [-0.1, -0.05) is 38.1 Å². The monoisotopic (exact) mass is 280 g/mol. The largest absolute Gasteiger partial charge is 0.456 e. The molecular weight excluding hydrogens is 256 g/mol. The van der Waals surface area contributed by atoms with Crippen molar-refractivity contribution in [1.29, 1.82) is 0 Å². The van der Waals surface area contributed by atoms with Crippen molar-refractivity contribution in [2.45, 2.75) is 47.5 Å². The predicted molar refractivity (Wildman–Crippen MR) is 88.6 cm³/mol. The summed E-state index contributed by atoms with van der Waals surface area (Å²) in [5.41, 5.74) is 7.80. The van der Waals surface area contributed by atoms with Gasteiger partial charge in [0.05, 0.1) is 0 Å². The number of aryl methyl sites for hydroxylation is 2. The Bertz CT molecular complexity index is 653. The Morgan fingerprint density at radius 2 is 1.19 bits per heavy atom. The minimum Gasteiger partial charge on any atom is -0.456 e. The Morgan fingerprint density at radius 3 is 1.57 bits per heavy atom. The van der Waals surface area contributed by atoms with E-state index in [0.717, 1.165) is 11.5 Å². The van der Waals surface area contributed by atoms with Gasteiger partial charge in [0.1, 0.15) is 11.5 Å². The van der Waals surface area contributed by atoms with Crippen molar-refractivity contribution in [3.63, 3.8) is 0 Å². The SMILES string of the molecule is Cc1ccc2c(c1C)Oc1c(ccc(C)c1C)C2C(C)C. The van der Waals surface area contributed by atoms with Crippen LogP contribution in [0.5, 0.6) is 11.5 Å². The van der Waals surface area contributed by atoms with Crippen LogP contribution in [0.3, 0.4) is 0 Å². The molecule has 0 aliphatic carbocycles. The van der Waals surface area contributed by atoms with Gasteiger partial charge in [-0.15, -0.1) is 0 Å². The quantitative estimate of drug-likeness (QED) is 0.640. The molecule has 0 amide bonds. The van der Waals surface area contributed by atoms with E-state index in [-0.39, 0.29) is 0 Å². The molecule has 2 aromatic rings. The third-order valence-electron chi connectivity index (χ3n) is 4.96. The van der Waals surface area contributed by atoms with Gasteiger partial charge in [-0.2, -0.15) is 0 Å². The molecule has 0 radical (unpaired) electrons. The molecule has 21 heavy (non-hydrogen) atoms. The van der Waals surface area contributed by atoms with Crippen molar-refractivity contribution >= 4 is 0 Å². The summed E-state index contributed by atoms with van der Waals surface area (Å²) in [6.45, 7) is 13.2. The summed E-state index contributed by atoms with van der Waals surface area (Å²) in [4.78, 5) is 0. The smallest absolute Gasteiger partial charge is 0.134 e. The number of fused-ring (bicyclic) bond motifs is 2. The first kappa shape index (κ1) is 14.2. The molecule has 0 unspecified atom stereocenters. The molecule has 1 heteroatoms. The summed E-state index contributed by atoms with van der Waals surface area (Å²) in [6, 6.07) is 8.94. The Balaban J connectivity index is 2.30. The summed E-state index contributed by atoms with van der Waals surface area (Å²) >= 11 is 0. The maximum atomic E-state index is 6.38. The van der Waals surface area contributed by atoms with Gasteiger partial charge in [0, 0.05) is 17.0 Å². The molecule has 1 aliphatic rings. The molecule has 0 aromatic heterocycles. The van der Waals surface area contributed by atoms with E-state index < -0.39 is 0 Å². The standard InChI is InChI=1S/C20H24O/c1-11(2)18-16-9-7-12(3)14(5)19(16)21-20-15(6)13(4)8-10-17(18)20/h7-11,18H,1-6H3. The second-order valence-electron chi connectivity index (χ2n) is 6.68. The lowest BCUT2D eigenvalue weighted by molar-refractivity contribution is 0.413. The van der Waals surface area contributed by atoms with Gasteiger partial charge in [-0.05, 0) is 55.9 Å². The average Bonchev–Trinajstić information content (AvgIpc) is 2.45. The van der Waals surface area contributed by atoms with Gasteiger partial charge in [-0.3, -0.25) is 0 Å². The van der Waals surface area contributed by atoms with E-state index in [9.17, 15) is 0 Å². The zero-order valence-corrected chi connectivity index (χ0v) is 13.9. The maximum Gasteiger partial charge on any atom is 0.134 e. The topological polar surface area (TPSA) is 9.23 Å². The fraction of sp³-hybridized carbons (Fsp3) is 0.400. The number of ether oxygens (including phenoxy) is 1. The van der Waals surface area contributed by atoms with Gasteiger partial charge in [0.15, 0.2) is 0 Å². The van der Waals surface area contributed by atoms with E-state index in [1.165, 1.54) is 33.4 Å². The van der Waals surface area contributed by atoms with Crippen molar-refractivity contribution in [2.24, 2.45) is 5.92 Å². The highest BCUT2D eigenvalue weighted by molar-refractivity contribution is 5.61. The van der Waals surface area contributed by atoms with Crippen molar-refractivity contribution in [2.75, 3.05) is 0 Å². The molecule has 0 saturated heterocycles. The zero-order valence-electron chi connectivity index (χ0n) is 13.9. The molecule has 0 atom stereocenters. The first-order valence-corrected chi connectivity index (χ1v) is 7.79. The minimum absolute atomic E-state index is 0.419. The predicted octanol–water partition coefficient (Wildman–Crippen LogP) is 5.81. The van der Waals surface area contributed by atoms with Crippen molar-refractivity contribution in [3.8, 4) is 11.5 Å². The van der Waals surface area contributed by atoms with Gasteiger partial charge in [0.25, 0.3) is 0 Å². The lowest BCUT2D eigenvalue weighted by Gasteiger charge is -2.33. The van der Waals surface area contributed by atoms with E-state index in [4.69, 9.17) is 4.74 Å². The molecule has 0 fully saturated rings. The summed E-state index contributed by atoms with van der Waals surface area (Å²) in [6.07, 6.45) is 0. The van der Waals surface area contributed by atoms with Crippen LogP contribution >= 0.6 is 0 Å². The second-order valence-corrected chi connectivity index (χ2v) is 6.68. The first-order chi connectivity index (χ1) is 9.91. The van der Waals surface area contributed by atoms with Crippen LogP contribution in [0.1, 0.15) is 53.1 Å². The van der Waals surface area contributed by atoms with E-state index in [1.807, 2.05) is 0 Å². The summed E-state index contributed by atoms with van der Waals surface area (Å²) in [5.74, 6) is 3.13. The Hall–Kier alpha value is -1.76. The molecule has 2 aromatic carbocycles. The van der Waals surface area contributed by atoms with Crippen LogP contribution in [-0.2, 0) is 0 Å². The van der Waals surface area contributed by atoms with Crippen LogP contribution in [0.15, 0.2) is 24.3 Å². The highest BCUT2D eigenvalue weighted by atomic mass is 16.5. The lowest BCUT2D eigenvalue weighted by Crippen LogP contribution is -2.17. The van der Waals surface area contributed by atoms with Crippen LogP contribution in [0.2, 0.25) is 0 Å². The molecule has 3 rings (SSSR count). The Morgan fingerprint density at radius 1 is 0.762 bits per heavy atom. The summed E-state index contributed by atoms with van der Waals surface area (Å²) in [7, 11) is 0. The van der Waals surface area contributed by atoms with E-state index in [2.05, 4.69) is 65.8 Å². The molecule has 1 nitrogen and oxygen atoms in total. The molecule has 0 saturated carbocycles. The van der Waals surface area contributed by atoms with Crippen LogP contribution in [0, 0.1) is 33.6 Å². The first-order valence-electron chi connectivity index (χ1n) is 7.79. The fourth-order valence-electron chi connectivity index (χ4n) is 3.37. The van der Waals surface area contributed by atoms with E-state index in [1.54, 1.807) is 0 Å². The lowest BCUT2D eigenvalue weighted by atomic mass is 9.78. The van der Waals surface area contributed by atoms with Crippen LogP contribution in [0.4, 0.5) is 0 Å².